The number of hydrogen-bond donors (Lipinski definition) is 2. The van der Waals surface area contributed by atoms with E-state index in [1.807, 2.05) is 24.3 Å². The number of amides is 2. The zero-order valence-electron chi connectivity index (χ0n) is 14.8. The molecule has 0 spiro atoms. The Hall–Kier alpha value is -1.88. The van der Waals surface area contributed by atoms with Crippen molar-refractivity contribution in [3.8, 4) is 0 Å². The van der Waals surface area contributed by atoms with E-state index in [2.05, 4.69) is 29.4 Å². The number of likely N-dealkylation sites (N-methyl/N-ethyl adjacent to an activating group) is 1. The van der Waals surface area contributed by atoms with Crippen molar-refractivity contribution in [3.63, 3.8) is 0 Å². The highest BCUT2D eigenvalue weighted by Crippen LogP contribution is 2.15. The van der Waals surface area contributed by atoms with E-state index in [4.69, 9.17) is 0 Å². The minimum atomic E-state index is -0.600. The van der Waals surface area contributed by atoms with Crippen molar-refractivity contribution in [2.75, 3.05) is 25.0 Å². The first-order valence-electron chi connectivity index (χ1n) is 9.06. The van der Waals surface area contributed by atoms with E-state index >= 15 is 0 Å². The summed E-state index contributed by atoms with van der Waals surface area (Å²) in [5, 5.41) is 5.42. The number of carbonyl (C=O) groups is 2. The van der Waals surface area contributed by atoms with Crippen LogP contribution in [0.5, 0.6) is 0 Å². The lowest BCUT2D eigenvalue weighted by atomic mass is 10.1. The number of aryl methyl sites for hydroxylation is 1. The first-order chi connectivity index (χ1) is 11.6. The van der Waals surface area contributed by atoms with Crippen molar-refractivity contribution in [1.29, 1.82) is 0 Å². The molecule has 5 nitrogen and oxygen atoms in total. The highest BCUT2D eigenvalue weighted by Gasteiger charge is 2.24. The number of likely N-dealkylation sites (tertiary alicyclic amines) is 1. The predicted octanol–water partition coefficient (Wildman–Crippen LogP) is 2.57. The summed E-state index contributed by atoms with van der Waals surface area (Å²) in [5.74, 6) is -1.16. The molecule has 0 bridgehead atoms. The van der Waals surface area contributed by atoms with Gasteiger partial charge >= 0.3 is 11.8 Å². The highest BCUT2D eigenvalue weighted by molar-refractivity contribution is 6.39. The number of carbonyl (C=O) groups excluding carboxylic acids is 2. The maximum absolute atomic E-state index is 12.0. The van der Waals surface area contributed by atoms with E-state index in [0.29, 0.717) is 18.3 Å². The van der Waals surface area contributed by atoms with E-state index in [-0.39, 0.29) is 0 Å². The predicted molar refractivity (Wildman–Crippen MR) is 97.0 cm³/mol. The van der Waals surface area contributed by atoms with Crippen LogP contribution in [0.4, 0.5) is 5.69 Å². The molecule has 1 saturated heterocycles. The van der Waals surface area contributed by atoms with Crippen molar-refractivity contribution in [2.24, 2.45) is 0 Å². The number of rotatable bonds is 7. The van der Waals surface area contributed by atoms with Crippen LogP contribution in [-0.4, -0.2) is 42.4 Å². The van der Waals surface area contributed by atoms with Crippen molar-refractivity contribution >= 4 is 17.5 Å². The largest absolute Gasteiger partial charge is 0.346 e. The Bertz CT molecular complexity index is 542. The number of hydrogen-bond acceptors (Lipinski definition) is 3. The molecule has 1 aromatic rings. The molecule has 1 unspecified atom stereocenters. The summed E-state index contributed by atoms with van der Waals surface area (Å²) in [6, 6.07) is 8.06. The third-order valence-corrected chi connectivity index (χ3v) is 4.64. The molecule has 0 radical (unpaired) electrons. The molecule has 2 N–H and O–H groups in total. The lowest BCUT2D eigenvalue weighted by Crippen LogP contribution is -2.43. The monoisotopic (exact) mass is 331 g/mol. The number of benzene rings is 1. The van der Waals surface area contributed by atoms with Gasteiger partial charge in [-0.15, -0.1) is 0 Å². The quantitative estimate of drug-likeness (QED) is 0.755. The maximum atomic E-state index is 12.0. The van der Waals surface area contributed by atoms with Crippen molar-refractivity contribution < 1.29 is 9.59 Å². The van der Waals surface area contributed by atoms with E-state index < -0.39 is 11.8 Å². The molecular formula is C19H29N3O2. The smallest absolute Gasteiger partial charge is 0.313 e. The Morgan fingerprint density at radius 3 is 2.58 bits per heavy atom. The third kappa shape index (κ3) is 5.34. The molecule has 1 atom stereocenters. The van der Waals surface area contributed by atoms with Crippen LogP contribution in [0.15, 0.2) is 24.3 Å². The Morgan fingerprint density at radius 1 is 1.17 bits per heavy atom. The summed E-state index contributed by atoms with van der Waals surface area (Å²) in [5.41, 5.74) is 1.91. The molecule has 0 aromatic heterocycles. The topological polar surface area (TPSA) is 61.4 Å². The van der Waals surface area contributed by atoms with E-state index in [0.717, 1.165) is 45.2 Å². The van der Waals surface area contributed by atoms with E-state index in [1.54, 1.807) is 0 Å². The summed E-state index contributed by atoms with van der Waals surface area (Å²) in [6.07, 6.45) is 5.60. The minimum absolute atomic E-state index is 0.351. The molecule has 0 saturated carbocycles. The van der Waals surface area contributed by atoms with Crippen LogP contribution < -0.4 is 10.6 Å². The van der Waals surface area contributed by atoms with Crippen LogP contribution in [0.1, 0.15) is 45.1 Å². The van der Waals surface area contributed by atoms with Gasteiger partial charge in [-0.25, -0.2) is 0 Å². The van der Waals surface area contributed by atoms with Crippen LogP contribution in [0, 0.1) is 0 Å². The number of anilines is 1. The Labute approximate surface area is 144 Å². The van der Waals surface area contributed by atoms with Gasteiger partial charge in [-0.2, -0.15) is 0 Å². The average molecular weight is 331 g/mol. The molecule has 1 aliphatic heterocycles. The van der Waals surface area contributed by atoms with Crippen molar-refractivity contribution in [3.05, 3.63) is 29.8 Å². The fourth-order valence-corrected chi connectivity index (χ4v) is 3.16. The molecule has 132 valence electrons. The van der Waals surface area contributed by atoms with E-state index in [9.17, 15) is 9.59 Å². The SMILES string of the molecule is CCCCc1ccc(NC(=O)C(=O)NCC2CCCN2CC)cc1. The molecule has 5 heteroatoms. The average Bonchev–Trinajstić information content (AvgIpc) is 3.06. The summed E-state index contributed by atoms with van der Waals surface area (Å²) in [7, 11) is 0. The molecule has 1 fully saturated rings. The minimum Gasteiger partial charge on any atom is -0.346 e. The molecule has 2 rings (SSSR count). The first-order valence-corrected chi connectivity index (χ1v) is 9.06. The second-order valence-corrected chi connectivity index (χ2v) is 6.39. The molecule has 1 heterocycles. The zero-order valence-corrected chi connectivity index (χ0v) is 14.8. The molecule has 24 heavy (non-hydrogen) atoms. The molecule has 1 aliphatic rings. The van der Waals surface area contributed by atoms with Gasteiger partial charge in [0.2, 0.25) is 0 Å². The zero-order chi connectivity index (χ0) is 17.4. The molecule has 0 aliphatic carbocycles. The fourth-order valence-electron chi connectivity index (χ4n) is 3.16. The van der Waals surface area contributed by atoms with Gasteiger partial charge in [-0.3, -0.25) is 14.5 Å². The Kier molecular flexibility index (Phi) is 7.25. The number of nitrogens with zero attached hydrogens (tertiary/aromatic N) is 1. The van der Waals surface area contributed by atoms with Crippen LogP contribution in [0.25, 0.3) is 0 Å². The number of nitrogens with one attached hydrogen (secondary N) is 2. The lowest BCUT2D eigenvalue weighted by Gasteiger charge is -2.22. The second-order valence-electron chi connectivity index (χ2n) is 6.39. The van der Waals surface area contributed by atoms with Crippen molar-refractivity contribution in [2.45, 2.75) is 52.0 Å². The van der Waals surface area contributed by atoms with Crippen LogP contribution in [0.2, 0.25) is 0 Å². The fraction of sp³-hybridized carbons (Fsp3) is 0.579. The second kappa shape index (κ2) is 9.42. The van der Waals surface area contributed by atoms with Gasteiger partial charge < -0.3 is 10.6 Å². The van der Waals surface area contributed by atoms with Gasteiger partial charge in [0.25, 0.3) is 0 Å². The van der Waals surface area contributed by atoms with Gasteiger partial charge in [-0.05, 0) is 56.5 Å². The standard InChI is InChI=1S/C19H29N3O2/c1-3-5-7-15-9-11-16(12-10-15)21-19(24)18(23)20-14-17-8-6-13-22(17)4-2/h9-12,17H,3-8,13-14H2,1-2H3,(H,20,23)(H,21,24). The van der Waals surface area contributed by atoms with Gasteiger partial charge in [0, 0.05) is 18.3 Å². The van der Waals surface area contributed by atoms with Gasteiger partial charge in [0.15, 0.2) is 0 Å². The van der Waals surface area contributed by atoms with Crippen molar-refractivity contribution in [1.82, 2.24) is 10.2 Å². The van der Waals surface area contributed by atoms with Gasteiger partial charge in [-0.1, -0.05) is 32.4 Å². The molecular weight excluding hydrogens is 302 g/mol. The maximum Gasteiger partial charge on any atom is 0.313 e. The number of unbranched alkanes of at least 4 members (excludes halogenated alkanes) is 1. The molecule has 2 amide bonds. The van der Waals surface area contributed by atoms with E-state index in [1.165, 1.54) is 5.56 Å². The Morgan fingerprint density at radius 2 is 1.92 bits per heavy atom. The summed E-state index contributed by atoms with van der Waals surface area (Å²) in [6.45, 7) is 6.89. The summed E-state index contributed by atoms with van der Waals surface area (Å²) < 4.78 is 0. The first kappa shape index (κ1) is 18.5. The van der Waals surface area contributed by atoms with Gasteiger partial charge in [0.1, 0.15) is 0 Å². The van der Waals surface area contributed by atoms with Crippen LogP contribution >= 0.6 is 0 Å². The summed E-state index contributed by atoms with van der Waals surface area (Å²) in [4.78, 5) is 26.3. The lowest BCUT2D eigenvalue weighted by molar-refractivity contribution is -0.136. The van der Waals surface area contributed by atoms with Crippen LogP contribution in [-0.2, 0) is 16.0 Å². The highest BCUT2D eigenvalue weighted by atomic mass is 16.2. The molecule has 1 aromatic carbocycles. The summed E-state index contributed by atoms with van der Waals surface area (Å²) >= 11 is 0. The van der Waals surface area contributed by atoms with Crippen LogP contribution in [0.3, 0.4) is 0 Å². The normalized spacial score (nSPS) is 17.7. The van der Waals surface area contributed by atoms with Gasteiger partial charge in [0.05, 0.1) is 0 Å². The Balaban J connectivity index is 1.77. The third-order valence-electron chi connectivity index (χ3n) is 4.64.